The Labute approximate surface area is 84.7 Å². The molecule has 0 amide bonds. The van der Waals surface area contributed by atoms with Gasteiger partial charge in [0, 0.05) is 0 Å². The first-order valence-electron chi connectivity index (χ1n) is 5.19. The molecule has 1 aliphatic carbocycles. The minimum atomic E-state index is -0.542. The summed E-state index contributed by atoms with van der Waals surface area (Å²) in [5.41, 5.74) is 7.40. The zero-order valence-corrected chi connectivity index (χ0v) is 8.53. The Balaban J connectivity index is 2.38. The Morgan fingerprint density at radius 2 is 2.07 bits per heavy atom. The zero-order valence-electron chi connectivity index (χ0n) is 8.53. The number of hydrogen-bond acceptors (Lipinski definition) is 2. The normalized spacial score (nSPS) is 20.5. The highest BCUT2D eigenvalue weighted by Gasteiger charge is 2.43. The summed E-state index contributed by atoms with van der Waals surface area (Å²) in [5.74, 6) is 0.329. The van der Waals surface area contributed by atoms with Gasteiger partial charge in [0.05, 0.1) is 5.60 Å². The van der Waals surface area contributed by atoms with Gasteiger partial charge in [-0.05, 0) is 36.4 Å². The van der Waals surface area contributed by atoms with E-state index in [1.54, 1.807) is 0 Å². The number of hydrogen-bond donors (Lipinski definition) is 2. The van der Waals surface area contributed by atoms with Gasteiger partial charge in [0.2, 0.25) is 0 Å². The molecule has 1 unspecified atom stereocenters. The molecule has 1 fully saturated rings. The van der Waals surface area contributed by atoms with E-state index in [1.807, 2.05) is 18.2 Å². The van der Waals surface area contributed by atoms with Gasteiger partial charge >= 0.3 is 0 Å². The van der Waals surface area contributed by atoms with E-state index in [-0.39, 0.29) is 0 Å². The summed E-state index contributed by atoms with van der Waals surface area (Å²) in [4.78, 5) is 0. The molecule has 0 heterocycles. The van der Waals surface area contributed by atoms with Gasteiger partial charge in [-0.15, -0.1) is 0 Å². The van der Waals surface area contributed by atoms with Crippen LogP contribution in [0.5, 0.6) is 0 Å². The van der Waals surface area contributed by atoms with Crippen molar-refractivity contribution in [2.24, 2.45) is 5.73 Å². The maximum atomic E-state index is 10.1. The van der Waals surface area contributed by atoms with E-state index in [1.165, 1.54) is 5.56 Å². The summed E-state index contributed by atoms with van der Waals surface area (Å²) >= 11 is 0. The topological polar surface area (TPSA) is 46.2 Å². The molecular formula is C12H17NO. The Morgan fingerprint density at radius 1 is 1.43 bits per heavy atom. The van der Waals surface area contributed by atoms with E-state index in [9.17, 15) is 5.11 Å². The van der Waals surface area contributed by atoms with E-state index in [2.05, 4.69) is 13.0 Å². The standard InChI is InChI=1S/C12H17NO/c1-9(8-13)10-4-2-3-5-11(10)12(14)6-7-12/h2-5,9,14H,6-8,13H2,1H3. The first kappa shape index (κ1) is 9.69. The fourth-order valence-electron chi connectivity index (χ4n) is 1.87. The lowest BCUT2D eigenvalue weighted by Gasteiger charge is -2.18. The number of nitrogens with two attached hydrogens (primary N) is 1. The van der Waals surface area contributed by atoms with E-state index < -0.39 is 5.60 Å². The largest absolute Gasteiger partial charge is 0.385 e. The predicted molar refractivity (Wildman–Crippen MR) is 57.0 cm³/mol. The minimum absolute atomic E-state index is 0.329. The highest BCUT2D eigenvalue weighted by atomic mass is 16.3. The minimum Gasteiger partial charge on any atom is -0.385 e. The summed E-state index contributed by atoms with van der Waals surface area (Å²) in [7, 11) is 0. The quantitative estimate of drug-likeness (QED) is 0.764. The molecule has 1 atom stereocenters. The van der Waals surface area contributed by atoms with Crippen LogP contribution in [0, 0.1) is 0 Å². The van der Waals surface area contributed by atoms with Crippen LogP contribution < -0.4 is 5.73 Å². The molecule has 0 spiro atoms. The van der Waals surface area contributed by atoms with E-state index in [0.29, 0.717) is 12.5 Å². The molecule has 0 bridgehead atoms. The monoisotopic (exact) mass is 191 g/mol. The van der Waals surface area contributed by atoms with Crippen molar-refractivity contribution >= 4 is 0 Å². The molecule has 1 aromatic carbocycles. The molecule has 1 saturated carbocycles. The Morgan fingerprint density at radius 3 is 2.64 bits per heavy atom. The molecule has 14 heavy (non-hydrogen) atoms. The van der Waals surface area contributed by atoms with E-state index in [4.69, 9.17) is 5.73 Å². The molecule has 1 aromatic rings. The highest BCUT2D eigenvalue weighted by molar-refractivity contribution is 5.38. The van der Waals surface area contributed by atoms with Crippen molar-refractivity contribution in [3.05, 3.63) is 35.4 Å². The second-order valence-corrected chi connectivity index (χ2v) is 4.26. The molecule has 2 nitrogen and oxygen atoms in total. The van der Waals surface area contributed by atoms with Crippen LogP contribution in [0.15, 0.2) is 24.3 Å². The maximum Gasteiger partial charge on any atom is 0.0901 e. The van der Waals surface area contributed by atoms with Crippen LogP contribution in [0.3, 0.4) is 0 Å². The fraction of sp³-hybridized carbons (Fsp3) is 0.500. The summed E-state index contributed by atoms with van der Waals surface area (Å²) in [6.07, 6.45) is 1.78. The van der Waals surface area contributed by atoms with Crippen molar-refractivity contribution in [3.8, 4) is 0 Å². The first-order valence-corrected chi connectivity index (χ1v) is 5.19. The second kappa shape index (κ2) is 3.37. The number of rotatable bonds is 3. The third-order valence-corrected chi connectivity index (χ3v) is 3.07. The molecule has 0 saturated heterocycles. The predicted octanol–water partition coefficient (Wildman–Crippen LogP) is 1.73. The van der Waals surface area contributed by atoms with Gasteiger partial charge in [0.1, 0.15) is 0 Å². The molecule has 0 aliphatic heterocycles. The highest BCUT2D eigenvalue weighted by Crippen LogP contribution is 2.47. The fourth-order valence-corrected chi connectivity index (χ4v) is 1.87. The lowest BCUT2D eigenvalue weighted by molar-refractivity contribution is 0.150. The van der Waals surface area contributed by atoms with Crippen LogP contribution in [-0.4, -0.2) is 11.7 Å². The van der Waals surface area contributed by atoms with Crippen LogP contribution >= 0.6 is 0 Å². The number of benzene rings is 1. The SMILES string of the molecule is CC(CN)c1ccccc1C1(O)CC1. The van der Waals surface area contributed by atoms with Crippen molar-refractivity contribution in [2.45, 2.75) is 31.3 Å². The molecule has 0 aromatic heterocycles. The van der Waals surface area contributed by atoms with Crippen molar-refractivity contribution in [3.63, 3.8) is 0 Å². The average molecular weight is 191 g/mol. The molecule has 3 N–H and O–H groups in total. The van der Waals surface area contributed by atoms with Gasteiger partial charge in [-0.3, -0.25) is 0 Å². The van der Waals surface area contributed by atoms with Crippen molar-refractivity contribution < 1.29 is 5.11 Å². The lowest BCUT2D eigenvalue weighted by atomic mass is 9.92. The van der Waals surface area contributed by atoms with Gasteiger partial charge in [-0.1, -0.05) is 31.2 Å². The van der Waals surface area contributed by atoms with Crippen LogP contribution in [-0.2, 0) is 5.60 Å². The molecule has 76 valence electrons. The van der Waals surface area contributed by atoms with Crippen molar-refractivity contribution in [1.29, 1.82) is 0 Å². The Bertz CT molecular complexity index is 331. The summed E-state index contributed by atoms with van der Waals surface area (Å²) in [6.45, 7) is 2.73. The van der Waals surface area contributed by atoms with Gasteiger partial charge in [0.25, 0.3) is 0 Å². The van der Waals surface area contributed by atoms with Crippen molar-refractivity contribution in [2.75, 3.05) is 6.54 Å². The number of aliphatic hydroxyl groups is 1. The van der Waals surface area contributed by atoms with Crippen LogP contribution in [0.1, 0.15) is 36.8 Å². The molecule has 0 radical (unpaired) electrons. The molecular weight excluding hydrogens is 174 g/mol. The first-order chi connectivity index (χ1) is 6.67. The smallest absolute Gasteiger partial charge is 0.0901 e. The third-order valence-electron chi connectivity index (χ3n) is 3.07. The van der Waals surface area contributed by atoms with Crippen molar-refractivity contribution in [1.82, 2.24) is 0 Å². The summed E-state index contributed by atoms with van der Waals surface area (Å²) in [5, 5.41) is 10.1. The third kappa shape index (κ3) is 1.56. The Kier molecular flexibility index (Phi) is 2.33. The average Bonchev–Trinajstić information content (AvgIpc) is 2.97. The zero-order chi connectivity index (χ0) is 10.2. The molecule has 2 rings (SSSR count). The summed E-state index contributed by atoms with van der Waals surface area (Å²) < 4.78 is 0. The van der Waals surface area contributed by atoms with Crippen LogP contribution in [0.2, 0.25) is 0 Å². The lowest BCUT2D eigenvalue weighted by Crippen LogP contribution is -2.15. The van der Waals surface area contributed by atoms with Crippen LogP contribution in [0.25, 0.3) is 0 Å². The second-order valence-electron chi connectivity index (χ2n) is 4.26. The molecule has 1 aliphatic rings. The van der Waals surface area contributed by atoms with Gasteiger partial charge in [0.15, 0.2) is 0 Å². The maximum absolute atomic E-state index is 10.1. The Hall–Kier alpha value is -0.860. The van der Waals surface area contributed by atoms with Crippen LogP contribution in [0.4, 0.5) is 0 Å². The van der Waals surface area contributed by atoms with Gasteiger partial charge < -0.3 is 10.8 Å². The summed E-state index contributed by atoms with van der Waals surface area (Å²) in [6, 6.07) is 8.09. The molecule has 2 heteroatoms. The van der Waals surface area contributed by atoms with E-state index in [0.717, 1.165) is 18.4 Å². The van der Waals surface area contributed by atoms with E-state index >= 15 is 0 Å². The van der Waals surface area contributed by atoms with Gasteiger partial charge in [-0.25, -0.2) is 0 Å². The van der Waals surface area contributed by atoms with Gasteiger partial charge in [-0.2, -0.15) is 0 Å².